The molecule has 4 saturated carbocycles. The van der Waals surface area contributed by atoms with Gasteiger partial charge in [-0.1, -0.05) is 47.1 Å². The number of carboxylic acid groups (broad SMARTS) is 1. The highest BCUT2D eigenvalue weighted by Gasteiger charge is 2.76. The first-order valence-electron chi connectivity index (χ1n) is 14.1. The summed E-state index contributed by atoms with van der Waals surface area (Å²) in [5.41, 5.74) is -0.679. The number of allylic oxidation sites excluding steroid dienone is 2. The molecule has 7 rings (SSSR count). The molecule has 5 aliphatic carbocycles. The van der Waals surface area contributed by atoms with Crippen LogP contribution in [0.3, 0.4) is 0 Å². The summed E-state index contributed by atoms with van der Waals surface area (Å²) in [4.78, 5) is 27.2. The molecular weight excluding hydrogens is 440 g/mol. The summed E-state index contributed by atoms with van der Waals surface area (Å²) in [6.07, 6.45) is 8.49. The normalized spacial score (nSPS) is 56.3. The second kappa shape index (κ2) is 6.81. The van der Waals surface area contributed by atoms with Crippen molar-refractivity contribution in [2.75, 3.05) is 6.61 Å². The third-order valence-electron chi connectivity index (χ3n) is 13.6. The first kappa shape index (κ1) is 24.2. The summed E-state index contributed by atoms with van der Waals surface area (Å²) in [7, 11) is 0. The molecule has 2 N–H and O–H groups in total. The molecule has 1 spiro atoms. The van der Waals surface area contributed by atoms with Crippen molar-refractivity contribution in [3.8, 4) is 0 Å². The van der Waals surface area contributed by atoms with Crippen molar-refractivity contribution in [2.45, 2.75) is 98.7 Å². The van der Waals surface area contributed by atoms with E-state index in [0.29, 0.717) is 31.8 Å². The van der Waals surface area contributed by atoms with Gasteiger partial charge in [0.1, 0.15) is 0 Å². The van der Waals surface area contributed by atoms with E-state index in [0.717, 1.165) is 37.7 Å². The number of aliphatic hydroxyl groups is 1. The highest BCUT2D eigenvalue weighted by atomic mass is 16.6. The van der Waals surface area contributed by atoms with Crippen LogP contribution >= 0.6 is 0 Å². The van der Waals surface area contributed by atoms with E-state index in [-0.39, 0.29) is 45.7 Å². The van der Waals surface area contributed by atoms with Gasteiger partial charge in [0.05, 0.1) is 12.0 Å². The fourth-order valence-electron chi connectivity index (χ4n) is 11.1. The van der Waals surface area contributed by atoms with Crippen molar-refractivity contribution >= 4 is 11.8 Å². The van der Waals surface area contributed by atoms with E-state index in [2.05, 4.69) is 41.5 Å². The Labute approximate surface area is 210 Å². The maximum absolute atomic E-state index is 14.4. The van der Waals surface area contributed by atoms with Crippen molar-refractivity contribution in [3.63, 3.8) is 0 Å². The number of aliphatic carboxylic acids is 1. The summed E-state index contributed by atoms with van der Waals surface area (Å²) >= 11 is 0. The molecule has 0 aromatic rings. The second-order valence-corrected chi connectivity index (χ2v) is 14.6. The van der Waals surface area contributed by atoms with Crippen LogP contribution in [0.4, 0.5) is 0 Å². The molecule has 7 aliphatic rings. The van der Waals surface area contributed by atoms with Gasteiger partial charge in [-0.05, 0) is 85.5 Å². The molecule has 2 aliphatic heterocycles. The number of fused-ring (bicyclic) bond motifs is 7. The first-order chi connectivity index (χ1) is 16.2. The van der Waals surface area contributed by atoms with Crippen LogP contribution in [0.15, 0.2) is 11.6 Å². The quantitative estimate of drug-likeness (QED) is 0.506. The highest BCUT2D eigenvalue weighted by Crippen LogP contribution is 2.77. The third kappa shape index (κ3) is 2.49. The van der Waals surface area contributed by atoms with Crippen LogP contribution in [0.2, 0.25) is 0 Å². The molecule has 5 heteroatoms. The van der Waals surface area contributed by atoms with Gasteiger partial charge in [-0.25, -0.2) is 0 Å². The maximum Gasteiger partial charge on any atom is 0.310 e. The Morgan fingerprint density at radius 3 is 2.34 bits per heavy atom. The number of carboxylic acids is 1. The minimum Gasteiger partial charge on any atom is -0.481 e. The SMILES string of the molecule is C[C@H]1[C@H](C)CC[C@]2(C(=O)O)CC[C@]3(C)C(=CC(=O)[C@@H]4[C@]56CC[C@](O)(OC5)C(C)(C)[C@@H]6CC[C@]43C)[C@H]12. The lowest BCUT2D eigenvalue weighted by Gasteiger charge is -2.74. The number of ketones is 1. The Morgan fingerprint density at radius 2 is 1.71 bits per heavy atom. The Bertz CT molecular complexity index is 1020. The Morgan fingerprint density at radius 1 is 1.00 bits per heavy atom. The van der Waals surface area contributed by atoms with Crippen LogP contribution in [0.5, 0.6) is 0 Å². The third-order valence-corrected chi connectivity index (χ3v) is 13.6. The summed E-state index contributed by atoms with van der Waals surface area (Å²) < 4.78 is 6.22. The number of hydrogen-bond donors (Lipinski definition) is 2. The highest BCUT2D eigenvalue weighted by molar-refractivity contribution is 5.96. The van der Waals surface area contributed by atoms with E-state index in [1.165, 1.54) is 0 Å². The van der Waals surface area contributed by atoms with E-state index in [1.807, 2.05) is 6.08 Å². The molecule has 2 bridgehead atoms. The molecule has 10 atom stereocenters. The molecular formula is C30H44O5. The van der Waals surface area contributed by atoms with E-state index in [4.69, 9.17) is 4.74 Å². The number of carbonyl (C=O) groups excluding carboxylic acids is 1. The van der Waals surface area contributed by atoms with Crippen LogP contribution in [0.25, 0.3) is 0 Å². The zero-order valence-corrected chi connectivity index (χ0v) is 22.4. The fraction of sp³-hybridized carbons (Fsp3) is 0.867. The van der Waals surface area contributed by atoms with E-state index < -0.39 is 22.6 Å². The zero-order valence-electron chi connectivity index (χ0n) is 22.4. The average Bonchev–Trinajstić information content (AvgIpc) is 2.78. The Kier molecular flexibility index (Phi) is 4.70. The van der Waals surface area contributed by atoms with Crippen LogP contribution in [-0.4, -0.2) is 34.4 Å². The van der Waals surface area contributed by atoms with Crippen LogP contribution in [-0.2, 0) is 14.3 Å². The van der Waals surface area contributed by atoms with Gasteiger partial charge in [0, 0.05) is 23.2 Å². The van der Waals surface area contributed by atoms with E-state index in [9.17, 15) is 19.8 Å². The smallest absolute Gasteiger partial charge is 0.310 e. The van der Waals surface area contributed by atoms with Gasteiger partial charge >= 0.3 is 5.97 Å². The largest absolute Gasteiger partial charge is 0.481 e. The summed E-state index contributed by atoms with van der Waals surface area (Å²) in [6, 6.07) is 0. The molecule has 2 heterocycles. The number of carbonyl (C=O) groups is 2. The van der Waals surface area contributed by atoms with Crippen LogP contribution in [0.1, 0.15) is 92.9 Å². The Balaban J connectivity index is 1.52. The molecule has 35 heavy (non-hydrogen) atoms. The molecule has 0 amide bonds. The molecule has 0 unspecified atom stereocenters. The van der Waals surface area contributed by atoms with E-state index >= 15 is 0 Å². The van der Waals surface area contributed by atoms with Crippen LogP contribution < -0.4 is 0 Å². The summed E-state index contributed by atoms with van der Waals surface area (Å²) in [5, 5.41) is 21.9. The maximum atomic E-state index is 14.4. The predicted molar refractivity (Wildman–Crippen MR) is 132 cm³/mol. The molecule has 5 nitrogen and oxygen atoms in total. The minimum atomic E-state index is -1.10. The molecule has 2 saturated heterocycles. The lowest BCUT2D eigenvalue weighted by molar-refractivity contribution is -0.391. The average molecular weight is 485 g/mol. The zero-order chi connectivity index (χ0) is 25.4. The second-order valence-electron chi connectivity index (χ2n) is 14.6. The Hall–Kier alpha value is -1.20. The van der Waals surface area contributed by atoms with Crippen molar-refractivity contribution in [3.05, 3.63) is 11.6 Å². The van der Waals surface area contributed by atoms with Crippen LogP contribution in [0, 0.1) is 56.7 Å². The van der Waals surface area contributed by atoms with Gasteiger partial charge in [-0.2, -0.15) is 0 Å². The van der Waals surface area contributed by atoms with Crippen molar-refractivity contribution in [1.29, 1.82) is 0 Å². The van der Waals surface area contributed by atoms with Gasteiger partial charge < -0.3 is 14.9 Å². The first-order valence-corrected chi connectivity index (χ1v) is 14.1. The number of hydrogen-bond acceptors (Lipinski definition) is 4. The minimum absolute atomic E-state index is 0.0741. The van der Waals surface area contributed by atoms with Gasteiger partial charge in [0.15, 0.2) is 11.6 Å². The molecule has 6 fully saturated rings. The fourth-order valence-corrected chi connectivity index (χ4v) is 11.1. The number of rotatable bonds is 1. The van der Waals surface area contributed by atoms with Gasteiger partial charge in [-0.3, -0.25) is 9.59 Å². The van der Waals surface area contributed by atoms with E-state index in [1.54, 1.807) is 0 Å². The monoisotopic (exact) mass is 484 g/mol. The summed E-state index contributed by atoms with van der Waals surface area (Å²) in [5.74, 6) is -0.837. The molecule has 194 valence electrons. The molecule has 0 radical (unpaired) electrons. The number of ether oxygens (including phenoxy) is 1. The standard InChI is InChI=1S/C30H44O5/c1-17-7-10-28(24(32)33)12-11-26(5)19(22(28)18(17)2)15-20(31)23-27(26,6)9-8-21-25(3,4)30(34)14-13-29(21,23)16-35-30/h15,17-18,21-23,34H,7-14,16H2,1-6H3,(H,32,33)/t17-,18+,21+,22+,23+,26-,27-,28+,29-,30+/m1/s1. The molecule has 0 aromatic heterocycles. The van der Waals surface area contributed by atoms with Gasteiger partial charge in [0.2, 0.25) is 0 Å². The lowest BCUT2D eigenvalue weighted by atomic mass is 9.32. The molecule has 0 aromatic carbocycles. The van der Waals surface area contributed by atoms with Gasteiger partial charge in [-0.15, -0.1) is 0 Å². The topological polar surface area (TPSA) is 83.8 Å². The van der Waals surface area contributed by atoms with Crippen molar-refractivity contribution in [2.24, 2.45) is 56.7 Å². The lowest BCUT2D eigenvalue weighted by Crippen LogP contribution is -2.74. The van der Waals surface area contributed by atoms with Gasteiger partial charge in [0.25, 0.3) is 0 Å². The predicted octanol–water partition coefficient (Wildman–Crippen LogP) is 5.61. The van der Waals surface area contributed by atoms with Crippen molar-refractivity contribution in [1.82, 2.24) is 0 Å². The summed E-state index contributed by atoms with van der Waals surface area (Å²) in [6.45, 7) is 13.9. The van der Waals surface area contributed by atoms with Crippen molar-refractivity contribution < 1.29 is 24.5 Å².